The van der Waals surface area contributed by atoms with Gasteiger partial charge in [-0.25, -0.2) is 9.59 Å². The van der Waals surface area contributed by atoms with Gasteiger partial charge in [0.25, 0.3) is 0 Å². The molecule has 0 aromatic heterocycles. The lowest BCUT2D eigenvalue weighted by atomic mass is 10.2. The van der Waals surface area contributed by atoms with Crippen LogP contribution in [0.15, 0.2) is 0 Å². The van der Waals surface area contributed by atoms with Crippen LogP contribution in [0.2, 0.25) is 0 Å². The Bertz CT molecular complexity index is 282. The number of aliphatic hydroxyl groups excluding tert-OH is 1. The number of nitrogens with one attached hydrogen (secondary N) is 1. The summed E-state index contributed by atoms with van der Waals surface area (Å²) in [4.78, 5) is 21.6. The summed E-state index contributed by atoms with van der Waals surface area (Å²) in [7, 11) is 0.955. The highest BCUT2D eigenvalue weighted by Crippen LogP contribution is 2.15. The van der Waals surface area contributed by atoms with Gasteiger partial charge in [0.05, 0.1) is 0 Å². The molecule has 0 aliphatic rings. The molecular formula is C8H13F3N2O4. The minimum absolute atomic E-state index is 0.228. The first-order valence-electron chi connectivity index (χ1n) is 4.60. The Hall–Kier alpha value is -1.51. The monoisotopic (exact) mass is 258 g/mol. The van der Waals surface area contributed by atoms with Crippen molar-refractivity contribution >= 4 is 12.0 Å². The van der Waals surface area contributed by atoms with E-state index < -0.39 is 30.8 Å². The number of carbonyl (C=O) groups is 2. The van der Waals surface area contributed by atoms with Crippen LogP contribution in [0.5, 0.6) is 0 Å². The van der Waals surface area contributed by atoms with Crippen LogP contribution in [0, 0.1) is 0 Å². The van der Waals surface area contributed by atoms with Crippen LogP contribution in [0.3, 0.4) is 0 Å². The minimum Gasteiger partial charge on any atom is -0.479 e. The summed E-state index contributed by atoms with van der Waals surface area (Å²) in [6, 6.07) is -0.986. The van der Waals surface area contributed by atoms with E-state index in [0.717, 1.165) is 7.05 Å². The molecule has 0 bridgehead atoms. The number of alkyl halides is 3. The number of hydrogen-bond acceptors (Lipinski definition) is 3. The number of aliphatic hydroxyl groups is 1. The Morgan fingerprint density at radius 2 is 1.94 bits per heavy atom. The molecule has 0 spiro atoms. The number of nitrogens with zero attached hydrogens (tertiary/aromatic N) is 1. The van der Waals surface area contributed by atoms with Crippen LogP contribution in [-0.2, 0) is 4.79 Å². The van der Waals surface area contributed by atoms with Gasteiger partial charge >= 0.3 is 18.2 Å². The van der Waals surface area contributed by atoms with Crippen molar-refractivity contribution in [1.29, 1.82) is 0 Å². The molecule has 2 amide bonds. The second-order valence-corrected chi connectivity index (χ2v) is 3.35. The molecule has 0 heterocycles. The van der Waals surface area contributed by atoms with E-state index in [0.29, 0.717) is 4.90 Å². The van der Waals surface area contributed by atoms with E-state index in [2.05, 4.69) is 5.32 Å². The Labute approximate surface area is 95.0 Å². The van der Waals surface area contributed by atoms with Gasteiger partial charge in [0.2, 0.25) is 0 Å². The molecule has 17 heavy (non-hydrogen) atoms. The smallest absolute Gasteiger partial charge is 0.406 e. The lowest BCUT2D eigenvalue weighted by molar-refractivity contribution is -0.146. The molecule has 0 saturated carbocycles. The van der Waals surface area contributed by atoms with Gasteiger partial charge in [0, 0.05) is 20.0 Å². The number of carboxylic acid groups (broad SMARTS) is 1. The Morgan fingerprint density at radius 3 is 2.35 bits per heavy atom. The van der Waals surface area contributed by atoms with Crippen molar-refractivity contribution < 1.29 is 33.0 Å². The van der Waals surface area contributed by atoms with E-state index in [1.165, 1.54) is 0 Å². The van der Waals surface area contributed by atoms with E-state index in [1.54, 1.807) is 0 Å². The normalized spacial score (nSPS) is 13.0. The number of carbonyl (C=O) groups excluding carboxylic acids is 1. The van der Waals surface area contributed by atoms with E-state index in [9.17, 15) is 22.8 Å². The fraction of sp³-hybridized carbons (Fsp3) is 0.750. The second kappa shape index (κ2) is 6.28. The number of aliphatic carboxylic acids is 1. The molecule has 0 rings (SSSR count). The number of rotatable bonds is 5. The molecule has 1 atom stereocenters. The molecule has 0 aliphatic heterocycles. The summed E-state index contributed by atoms with van der Waals surface area (Å²) in [6.45, 7) is -1.63. The molecule has 6 nitrogen and oxygen atoms in total. The average Bonchev–Trinajstić information content (AvgIpc) is 2.14. The largest absolute Gasteiger partial charge is 0.479 e. The third kappa shape index (κ3) is 7.39. The summed E-state index contributed by atoms with van der Waals surface area (Å²) in [5.74, 6) is -1.46. The maximum atomic E-state index is 11.9. The summed E-state index contributed by atoms with van der Waals surface area (Å²) >= 11 is 0. The van der Waals surface area contributed by atoms with Crippen molar-refractivity contribution in [2.75, 3.05) is 20.1 Å². The minimum atomic E-state index is -4.49. The second-order valence-electron chi connectivity index (χ2n) is 3.35. The summed E-state index contributed by atoms with van der Waals surface area (Å²) < 4.78 is 35.6. The third-order valence-corrected chi connectivity index (χ3v) is 1.74. The molecule has 9 heteroatoms. The molecule has 0 unspecified atom stereocenters. The molecule has 3 N–H and O–H groups in total. The van der Waals surface area contributed by atoms with Gasteiger partial charge in [-0.15, -0.1) is 0 Å². The predicted molar refractivity (Wildman–Crippen MR) is 50.3 cm³/mol. The van der Waals surface area contributed by atoms with Crippen molar-refractivity contribution in [2.45, 2.75) is 18.7 Å². The number of halogens is 3. The lowest BCUT2D eigenvalue weighted by Gasteiger charge is -2.19. The number of amides is 2. The molecule has 0 aliphatic carbocycles. The maximum Gasteiger partial charge on any atom is 0.406 e. The molecule has 0 radical (unpaired) electrons. The fourth-order valence-electron chi connectivity index (χ4n) is 0.915. The van der Waals surface area contributed by atoms with Crippen LogP contribution < -0.4 is 5.32 Å². The number of urea groups is 1. The van der Waals surface area contributed by atoms with Gasteiger partial charge in [0.15, 0.2) is 6.10 Å². The SMILES string of the molecule is CN(CC(F)(F)F)C(=O)NCC[C@H](O)C(=O)O. The molecule has 100 valence electrons. The summed E-state index contributed by atoms with van der Waals surface area (Å²) in [6.07, 6.45) is -6.42. The zero-order valence-electron chi connectivity index (χ0n) is 8.99. The fourth-order valence-corrected chi connectivity index (χ4v) is 0.915. The van der Waals surface area contributed by atoms with E-state index in [4.69, 9.17) is 10.2 Å². The quantitative estimate of drug-likeness (QED) is 0.648. The molecule has 0 aromatic rings. The van der Waals surface area contributed by atoms with Crippen LogP contribution in [0.1, 0.15) is 6.42 Å². The number of hydrogen-bond donors (Lipinski definition) is 3. The van der Waals surface area contributed by atoms with Gasteiger partial charge in [0.1, 0.15) is 6.54 Å². The highest BCUT2D eigenvalue weighted by Gasteiger charge is 2.31. The Kier molecular flexibility index (Phi) is 5.72. The highest BCUT2D eigenvalue weighted by atomic mass is 19.4. The third-order valence-electron chi connectivity index (χ3n) is 1.74. The predicted octanol–water partition coefficient (Wildman–Crippen LogP) is 0.0257. The van der Waals surface area contributed by atoms with Crippen LogP contribution >= 0.6 is 0 Å². The topological polar surface area (TPSA) is 89.9 Å². The van der Waals surface area contributed by atoms with Crippen molar-refractivity contribution in [3.63, 3.8) is 0 Å². The zero-order chi connectivity index (χ0) is 13.6. The van der Waals surface area contributed by atoms with Crippen molar-refractivity contribution in [1.82, 2.24) is 10.2 Å². The van der Waals surface area contributed by atoms with Gasteiger partial charge in [-0.3, -0.25) is 0 Å². The van der Waals surface area contributed by atoms with Crippen molar-refractivity contribution in [3.8, 4) is 0 Å². The maximum absolute atomic E-state index is 11.9. The van der Waals surface area contributed by atoms with E-state index in [-0.39, 0.29) is 13.0 Å². The van der Waals surface area contributed by atoms with Gasteiger partial charge in [-0.1, -0.05) is 0 Å². The van der Waals surface area contributed by atoms with Crippen LogP contribution in [-0.4, -0.2) is 59.5 Å². The van der Waals surface area contributed by atoms with E-state index >= 15 is 0 Å². The Balaban J connectivity index is 3.91. The van der Waals surface area contributed by atoms with Crippen molar-refractivity contribution in [2.24, 2.45) is 0 Å². The average molecular weight is 258 g/mol. The molecule has 0 aromatic carbocycles. The van der Waals surface area contributed by atoms with Gasteiger partial charge in [-0.2, -0.15) is 13.2 Å². The summed E-state index contributed by atoms with van der Waals surface area (Å²) in [5.41, 5.74) is 0. The van der Waals surface area contributed by atoms with Crippen molar-refractivity contribution in [3.05, 3.63) is 0 Å². The standard InChI is InChI=1S/C8H13F3N2O4/c1-13(4-8(9,10)11)7(17)12-3-2-5(14)6(15)16/h5,14H,2-4H2,1H3,(H,12,17)(H,15,16)/t5-/m0/s1. The first-order chi connectivity index (χ1) is 7.63. The molecular weight excluding hydrogens is 245 g/mol. The van der Waals surface area contributed by atoms with E-state index in [1.807, 2.05) is 0 Å². The summed E-state index contributed by atoms with van der Waals surface area (Å²) in [5, 5.41) is 19.2. The lowest BCUT2D eigenvalue weighted by Crippen LogP contribution is -2.43. The van der Waals surface area contributed by atoms with Crippen LogP contribution in [0.4, 0.5) is 18.0 Å². The first-order valence-corrected chi connectivity index (χ1v) is 4.60. The number of carboxylic acids is 1. The van der Waals surface area contributed by atoms with Gasteiger partial charge < -0.3 is 20.4 Å². The Morgan fingerprint density at radius 1 is 1.41 bits per heavy atom. The zero-order valence-corrected chi connectivity index (χ0v) is 8.99. The van der Waals surface area contributed by atoms with Gasteiger partial charge in [-0.05, 0) is 0 Å². The molecule has 0 fully saturated rings. The first kappa shape index (κ1) is 15.5. The highest BCUT2D eigenvalue weighted by molar-refractivity contribution is 5.74. The molecule has 0 saturated heterocycles. The van der Waals surface area contributed by atoms with Crippen LogP contribution in [0.25, 0.3) is 0 Å².